The molecule has 2 aromatic rings. The molecule has 0 amide bonds. The number of nitrogens with zero attached hydrogens (tertiary/aromatic N) is 4. The van der Waals surface area contributed by atoms with E-state index in [0.717, 1.165) is 12.1 Å². The summed E-state index contributed by atoms with van der Waals surface area (Å²) in [7, 11) is -3.97. The molecule has 146 valence electrons. The van der Waals surface area contributed by atoms with Crippen LogP contribution in [-0.4, -0.2) is 59.8 Å². The summed E-state index contributed by atoms with van der Waals surface area (Å²) in [4.78, 5) is 13.5. The summed E-state index contributed by atoms with van der Waals surface area (Å²) in [6, 6.07) is 7.36. The second-order valence-electron chi connectivity index (χ2n) is 6.28. The van der Waals surface area contributed by atoms with Crippen LogP contribution in [0.3, 0.4) is 0 Å². The van der Waals surface area contributed by atoms with E-state index in [9.17, 15) is 18.3 Å². The number of halogens is 1. The lowest BCUT2D eigenvalue weighted by molar-refractivity contribution is 0.0692. The first-order valence-electron chi connectivity index (χ1n) is 8.64. The average Bonchev–Trinajstić information content (AvgIpc) is 3.08. The lowest BCUT2D eigenvalue weighted by Crippen LogP contribution is -2.49. The molecule has 10 heteroatoms. The second-order valence-corrected chi connectivity index (χ2v) is 8.57. The molecule has 0 spiro atoms. The third kappa shape index (κ3) is 4.10. The number of aromatic carboxylic acids is 1. The summed E-state index contributed by atoms with van der Waals surface area (Å²) in [6.07, 6.45) is 2.00. The van der Waals surface area contributed by atoms with Crippen molar-refractivity contribution < 1.29 is 18.3 Å². The van der Waals surface area contributed by atoms with Gasteiger partial charge in [0.15, 0.2) is 0 Å². The third-order valence-corrected chi connectivity index (χ3v) is 6.51. The molecule has 2 heterocycles. The van der Waals surface area contributed by atoms with Crippen LogP contribution in [0.5, 0.6) is 0 Å². The van der Waals surface area contributed by atoms with Crippen molar-refractivity contribution in [1.82, 2.24) is 14.1 Å². The molecular formula is C17H21ClN4O4S. The van der Waals surface area contributed by atoms with E-state index in [2.05, 4.69) is 10.00 Å². The second kappa shape index (κ2) is 7.87. The van der Waals surface area contributed by atoms with Crippen LogP contribution in [0, 0.1) is 0 Å². The minimum absolute atomic E-state index is 0.255. The monoisotopic (exact) mass is 412 g/mol. The van der Waals surface area contributed by atoms with Gasteiger partial charge < -0.3 is 10.0 Å². The van der Waals surface area contributed by atoms with E-state index in [4.69, 9.17) is 11.6 Å². The lowest BCUT2D eigenvalue weighted by Gasteiger charge is -2.35. The molecule has 8 nitrogen and oxygen atoms in total. The van der Waals surface area contributed by atoms with Crippen molar-refractivity contribution in [3.8, 4) is 0 Å². The van der Waals surface area contributed by atoms with Gasteiger partial charge in [0.2, 0.25) is 5.03 Å². The Morgan fingerprint density at radius 1 is 1.19 bits per heavy atom. The first kappa shape index (κ1) is 19.7. The molecule has 1 saturated heterocycles. The van der Waals surface area contributed by atoms with Crippen LogP contribution in [0.25, 0.3) is 0 Å². The molecule has 0 unspecified atom stereocenters. The fraction of sp³-hybridized carbons (Fsp3) is 0.412. The van der Waals surface area contributed by atoms with Crippen LogP contribution in [0.15, 0.2) is 35.5 Å². The summed E-state index contributed by atoms with van der Waals surface area (Å²) >= 11 is 5.90. The van der Waals surface area contributed by atoms with E-state index >= 15 is 0 Å². The SMILES string of the molecule is CCCn1cc(C(=O)O)c(S(=O)(=O)N2CCN(c3ccc(Cl)cc3)CC2)n1. The summed E-state index contributed by atoms with van der Waals surface area (Å²) in [6.45, 7) is 3.87. The van der Waals surface area contributed by atoms with Crippen molar-refractivity contribution in [2.45, 2.75) is 24.9 Å². The molecule has 0 aliphatic carbocycles. The van der Waals surface area contributed by atoms with E-state index in [0.29, 0.717) is 24.7 Å². The summed E-state index contributed by atoms with van der Waals surface area (Å²) < 4.78 is 28.6. The van der Waals surface area contributed by atoms with Gasteiger partial charge in [0.05, 0.1) is 0 Å². The number of anilines is 1. The van der Waals surface area contributed by atoms with Crippen molar-refractivity contribution in [1.29, 1.82) is 0 Å². The molecule has 27 heavy (non-hydrogen) atoms. The number of benzene rings is 1. The van der Waals surface area contributed by atoms with Crippen molar-refractivity contribution >= 4 is 33.3 Å². The maximum atomic E-state index is 13.0. The Morgan fingerprint density at radius 3 is 2.37 bits per heavy atom. The van der Waals surface area contributed by atoms with E-state index in [1.807, 2.05) is 19.1 Å². The summed E-state index contributed by atoms with van der Waals surface area (Å²) in [5.41, 5.74) is 0.679. The summed E-state index contributed by atoms with van der Waals surface area (Å²) in [5, 5.41) is 13.7. The average molecular weight is 413 g/mol. The van der Waals surface area contributed by atoms with Gasteiger partial charge >= 0.3 is 5.97 Å². The number of rotatable bonds is 6. The molecule has 1 aromatic heterocycles. The minimum atomic E-state index is -3.97. The van der Waals surface area contributed by atoms with Gasteiger partial charge in [-0.05, 0) is 30.7 Å². The predicted molar refractivity (Wildman–Crippen MR) is 102 cm³/mol. The first-order chi connectivity index (χ1) is 12.8. The highest BCUT2D eigenvalue weighted by atomic mass is 35.5. The van der Waals surface area contributed by atoms with Gasteiger partial charge in [0.25, 0.3) is 10.0 Å². The van der Waals surface area contributed by atoms with E-state index in [-0.39, 0.29) is 23.7 Å². The standard InChI is InChI=1S/C17H21ClN4O4S/c1-2-7-21-12-15(17(23)24)16(19-21)27(25,26)22-10-8-20(9-11-22)14-5-3-13(18)4-6-14/h3-6,12H,2,7-11H2,1H3,(H,23,24). The molecule has 3 rings (SSSR count). The van der Waals surface area contributed by atoms with Crippen LogP contribution in [0.1, 0.15) is 23.7 Å². The quantitative estimate of drug-likeness (QED) is 0.781. The zero-order chi connectivity index (χ0) is 19.6. The van der Waals surface area contributed by atoms with Crippen LogP contribution in [-0.2, 0) is 16.6 Å². The highest BCUT2D eigenvalue weighted by Gasteiger charge is 2.34. The molecule has 0 atom stereocenters. The molecule has 1 aliphatic rings. The predicted octanol–water partition coefficient (Wildman–Crippen LogP) is 2.16. The topological polar surface area (TPSA) is 95.7 Å². The number of carbonyl (C=O) groups is 1. The Labute approximate surface area is 163 Å². The molecule has 1 fully saturated rings. The molecule has 0 bridgehead atoms. The Hall–Kier alpha value is -2.10. The van der Waals surface area contributed by atoms with Gasteiger partial charge in [-0.1, -0.05) is 18.5 Å². The molecule has 1 N–H and O–H groups in total. The van der Waals surface area contributed by atoms with Gasteiger partial charge in [0, 0.05) is 49.6 Å². The Balaban J connectivity index is 1.79. The number of sulfonamides is 1. The molecule has 0 radical (unpaired) electrons. The third-order valence-electron chi connectivity index (χ3n) is 4.43. The number of hydrogen-bond acceptors (Lipinski definition) is 5. The lowest BCUT2D eigenvalue weighted by atomic mass is 10.2. The number of aromatic nitrogens is 2. The van der Waals surface area contributed by atoms with Crippen LogP contribution in [0.2, 0.25) is 5.02 Å². The van der Waals surface area contributed by atoms with Crippen LogP contribution >= 0.6 is 11.6 Å². The number of hydrogen-bond donors (Lipinski definition) is 1. The van der Waals surface area contributed by atoms with Crippen molar-refractivity contribution in [2.75, 3.05) is 31.1 Å². The number of carboxylic acids is 1. The normalized spacial score (nSPS) is 15.9. The molecular weight excluding hydrogens is 392 g/mol. The minimum Gasteiger partial charge on any atom is -0.478 e. The first-order valence-corrected chi connectivity index (χ1v) is 10.5. The fourth-order valence-corrected chi connectivity index (χ4v) is 4.69. The smallest absolute Gasteiger partial charge is 0.340 e. The van der Waals surface area contributed by atoms with Crippen molar-refractivity contribution in [3.05, 3.63) is 41.0 Å². The maximum absolute atomic E-state index is 13.0. The largest absolute Gasteiger partial charge is 0.478 e. The highest BCUT2D eigenvalue weighted by Crippen LogP contribution is 2.24. The molecule has 0 saturated carbocycles. The Morgan fingerprint density at radius 2 is 1.81 bits per heavy atom. The molecule has 1 aliphatic heterocycles. The fourth-order valence-electron chi connectivity index (χ4n) is 3.05. The maximum Gasteiger partial charge on any atom is 0.340 e. The Kier molecular flexibility index (Phi) is 5.73. The van der Waals surface area contributed by atoms with Gasteiger partial charge in [-0.2, -0.15) is 9.40 Å². The number of carboxylic acid groups (broad SMARTS) is 1. The number of piperazine rings is 1. The van der Waals surface area contributed by atoms with Crippen molar-refractivity contribution in [3.63, 3.8) is 0 Å². The van der Waals surface area contributed by atoms with Crippen LogP contribution < -0.4 is 4.90 Å². The van der Waals surface area contributed by atoms with Gasteiger partial charge in [-0.3, -0.25) is 4.68 Å². The van der Waals surface area contributed by atoms with Gasteiger partial charge in [-0.15, -0.1) is 0 Å². The van der Waals surface area contributed by atoms with Crippen LogP contribution in [0.4, 0.5) is 5.69 Å². The van der Waals surface area contributed by atoms with Crippen molar-refractivity contribution in [2.24, 2.45) is 0 Å². The number of aryl methyl sites for hydroxylation is 1. The zero-order valence-corrected chi connectivity index (χ0v) is 16.4. The van der Waals surface area contributed by atoms with E-state index in [1.54, 1.807) is 12.1 Å². The zero-order valence-electron chi connectivity index (χ0n) is 14.9. The Bertz CT molecular complexity index is 919. The summed E-state index contributed by atoms with van der Waals surface area (Å²) in [5.74, 6) is -1.30. The molecule has 1 aromatic carbocycles. The highest BCUT2D eigenvalue weighted by molar-refractivity contribution is 7.89. The van der Waals surface area contributed by atoms with E-state index in [1.165, 1.54) is 15.2 Å². The van der Waals surface area contributed by atoms with E-state index < -0.39 is 16.0 Å². The van der Waals surface area contributed by atoms with Gasteiger partial charge in [-0.25, -0.2) is 13.2 Å². The van der Waals surface area contributed by atoms with Gasteiger partial charge in [0.1, 0.15) is 5.56 Å².